The quantitative estimate of drug-likeness (QED) is 0.571. The summed E-state index contributed by atoms with van der Waals surface area (Å²) >= 11 is 0. The van der Waals surface area contributed by atoms with Crippen LogP contribution in [0.5, 0.6) is 0 Å². The van der Waals surface area contributed by atoms with Gasteiger partial charge in [-0.1, -0.05) is 45.4 Å². The van der Waals surface area contributed by atoms with Crippen LogP contribution in [0, 0.1) is 24.2 Å². The van der Waals surface area contributed by atoms with Crippen LogP contribution >= 0.6 is 0 Å². The van der Waals surface area contributed by atoms with Crippen molar-refractivity contribution in [2.24, 2.45) is 17.8 Å². The van der Waals surface area contributed by atoms with Gasteiger partial charge in [-0.25, -0.2) is 0 Å². The van der Waals surface area contributed by atoms with E-state index in [4.69, 9.17) is 10.2 Å². The molecule has 4 nitrogen and oxygen atoms in total. The Labute approximate surface area is 138 Å². The molecule has 0 bridgehead atoms. The summed E-state index contributed by atoms with van der Waals surface area (Å²) in [6.07, 6.45) is 6.16. The maximum Gasteiger partial charge on any atom is 1.00 e. The van der Waals surface area contributed by atoms with Crippen molar-refractivity contribution in [3.05, 3.63) is 6.42 Å². The Hall–Kier alpha value is -0.0600. The SMILES string of the molecule is CC1C[CH-]C(C(C)C)CC1.O=C(O)CCC(=O)O.[Na+]. The molecule has 1 saturated carbocycles. The topological polar surface area (TPSA) is 74.6 Å². The molecule has 0 radical (unpaired) electrons. The van der Waals surface area contributed by atoms with E-state index in [9.17, 15) is 9.59 Å². The fourth-order valence-electron chi connectivity index (χ4n) is 1.94. The van der Waals surface area contributed by atoms with Gasteiger partial charge in [-0.3, -0.25) is 9.59 Å². The molecule has 2 atom stereocenters. The van der Waals surface area contributed by atoms with E-state index < -0.39 is 11.9 Å². The molecular weight excluding hydrogens is 255 g/mol. The summed E-state index contributed by atoms with van der Waals surface area (Å²) in [4.78, 5) is 19.3. The third-order valence-corrected chi connectivity index (χ3v) is 3.24. The molecule has 1 fully saturated rings. The molecule has 0 saturated heterocycles. The molecule has 2 N–H and O–H groups in total. The van der Waals surface area contributed by atoms with E-state index in [1.165, 1.54) is 19.3 Å². The Morgan fingerprint density at radius 1 is 1.16 bits per heavy atom. The molecule has 0 aromatic carbocycles. The normalized spacial score (nSPS) is 21.9. The van der Waals surface area contributed by atoms with Crippen LogP contribution in [0.25, 0.3) is 0 Å². The van der Waals surface area contributed by atoms with E-state index in [-0.39, 0.29) is 42.4 Å². The number of carboxylic acid groups (broad SMARTS) is 2. The van der Waals surface area contributed by atoms with E-state index in [1.807, 2.05) is 0 Å². The Bertz CT molecular complexity index is 244. The molecule has 1 rings (SSSR count). The Kier molecular flexibility index (Phi) is 13.1. The first-order valence-corrected chi connectivity index (χ1v) is 6.59. The first-order valence-electron chi connectivity index (χ1n) is 6.59. The van der Waals surface area contributed by atoms with Gasteiger partial charge in [-0.05, 0) is 0 Å². The van der Waals surface area contributed by atoms with E-state index in [0.717, 1.165) is 17.8 Å². The zero-order valence-electron chi connectivity index (χ0n) is 12.6. The van der Waals surface area contributed by atoms with E-state index in [0.29, 0.717) is 0 Å². The van der Waals surface area contributed by atoms with E-state index >= 15 is 0 Å². The second kappa shape index (κ2) is 11.7. The molecule has 5 heteroatoms. The summed E-state index contributed by atoms with van der Waals surface area (Å²) in [7, 11) is 0. The van der Waals surface area contributed by atoms with Crippen molar-refractivity contribution >= 4 is 11.9 Å². The minimum atomic E-state index is -1.08. The summed E-state index contributed by atoms with van der Waals surface area (Å²) in [6.45, 7) is 7.02. The van der Waals surface area contributed by atoms with Crippen molar-refractivity contribution in [1.29, 1.82) is 0 Å². The molecule has 0 aromatic heterocycles. The average Bonchev–Trinajstić information content (AvgIpc) is 2.28. The Morgan fingerprint density at radius 2 is 1.63 bits per heavy atom. The number of carboxylic acids is 2. The fourth-order valence-corrected chi connectivity index (χ4v) is 1.94. The second-order valence-corrected chi connectivity index (χ2v) is 5.35. The van der Waals surface area contributed by atoms with Gasteiger partial charge in [0.15, 0.2) is 0 Å². The molecule has 0 aliphatic heterocycles. The Balaban J connectivity index is 0. The van der Waals surface area contributed by atoms with E-state index in [1.54, 1.807) is 0 Å². The smallest absolute Gasteiger partial charge is 0.481 e. The molecular formula is C14H25NaO4. The Morgan fingerprint density at radius 3 is 1.89 bits per heavy atom. The summed E-state index contributed by atoms with van der Waals surface area (Å²) < 4.78 is 0. The van der Waals surface area contributed by atoms with Gasteiger partial charge in [0.25, 0.3) is 0 Å². The number of hydrogen-bond acceptors (Lipinski definition) is 2. The summed E-state index contributed by atoms with van der Waals surface area (Å²) in [5, 5.41) is 15.8. The monoisotopic (exact) mass is 280 g/mol. The fraction of sp³-hybridized carbons (Fsp3) is 0.786. The van der Waals surface area contributed by atoms with Crippen molar-refractivity contribution in [1.82, 2.24) is 0 Å². The molecule has 0 spiro atoms. The minimum absolute atomic E-state index is 0. The molecule has 0 heterocycles. The van der Waals surface area contributed by atoms with Crippen LogP contribution < -0.4 is 29.6 Å². The first kappa shape index (κ1) is 21.2. The molecule has 0 aromatic rings. The van der Waals surface area contributed by atoms with Crippen LogP contribution in [-0.2, 0) is 9.59 Å². The molecule has 0 amide bonds. The van der Waals surface area contributed by atoms with Crippen molar-refractivity contribution in [3.63, 3.8) is 0 Å². The molecule has 1 aliphatic rings. The van der Waals surface area contributed by atoms with Gasteiger partial charge in [0.1, 0.15) is 0 Å². The number of hydrogen-bond donors (Lipinski definition) is 2. The van der Waals surface area contributed by atoms with Crippen LogP contribution in [0.15, 0.2) is 0 Å². The maximum atomic E-state index is 9.64. The number of rotatable bonds is 4. The summed E-state index contributed by atoms with van der Waals surface area (Å²) in [5.41, 5.74) is 0. The number of aliphatic carboxylic acids is 2. The van der Waals surface area contributed by atoms with Crippen LogP contribution in [0.2, 0.25) is 0 Å². The number of carbonyl (C=O) groups is 2. The van der Waals surface area contributed by atoms with Gasteiger partial charge in [-0.15, -0.1) is 0 Å². The molecule has 106 valence electrons. The van der Waals surface area contributed by atoms with Gasteiger partial charge in [-0.2, -0.15) is 12.3 Å². The van der Waals surface area contributed by atoms with Crippen LogP contribution in [-0.4, -0.2) is 22.2 Å². The predicted octanol–water partition coefficient (Wildman–Crippen LogP) is 0.223. The summed E-state index contributed by atoms with van der Waals surface area (Å²) in [6, 6.07) is 0. The predicted molar refractivity (Wildman–Crippen MR) is 70.1 cm³/mol. The van der Waals surface area contributed by atoms with Crippen LogP contribution in [0.4, 0.5) is 0 Å². The van der Waals surface area contributed by atoms with Crippen molar-refractivity contribution in [2.45, 2.75) is 52.9 Å². The van der Waals surface area contributed by atoms with Crippen LogP contribution in [0.3, 0.4) is 0 Å². The van der Waals surface area contributed by atoms with Crippen LogP contribution in [0.1, 0.15) is 52.9 Å². The second-order valence-electron chi connectivity index (χ2n) is 5.35. The van der Waals surface area contributed by atoms with Gasteiger partial charge in [0.2, 0.25) is 0 Å². The van der Waals surface area contributed by atoms with Gasteiger partial charge in [0, 0.05) is 0 Å². The standard InChI is InChI=1S/C10H19.C4H6O4.Na/c1-8(2)10-6-4-9(3)5-7-10;5-3(6)1-2-4(7)8;/h6,8-10H,4-5,7H2,1-3H3;1-2H2,(H,5,6)(H,7,8);/q-1;;+1. The van der Waals surface area contributed by atoms with E-state index in [2.05, 4.69) is 27.2 Å². The third-order valence-electron chi connectivity index (χ3n) is 3.24. The zero-order chi connectivity index (χ0) is 14.1. The third kappa shape index (κ3) is 12.7. The maximum absolute atomic E-state index is 9.64. The molecule has 1 aliphatic carbocycles. The molecule has 2 unspecified atom stereocenters. The minimum Gasteiger partial charge on any atom is -0.481 e. The van der Waals surface area contributed by atoms with Crippen molar-refractivity contribution in [3.8, 4) is 0 Å². The first-order chi connectivity index (χ1) is 8.32. The average molecular weight is 280 g/mol. The van der Waals surface area contributed by atoms with Crippen molar-refractivity contribution < 1.29 is 49.4 Å². The van der Waals surface area contributed by atoms with Crippen molar-refractivity contribution in [2.75, 3.05) is 0 Å². The molecule has 19 heavy (non-hydrogen) atoms. The van der Waals surface area contributed by atoms with Gasteiger partial charge in [0.05, 0.1) is 12.8 Å². The zero-order valence-corrected chi connectivity index (χ0v) is 14.6. The summed E-state index contributed by atoms with van der Waals surface area (Å²) in [5.74, 6) is 0.582. The largest absolute Gasteiger partial charge is 1.00 e. The van der Waals surface area contributed by atoms with Gasteiger partial charge < -0.3 is 16.6 Å². The van der Waals surface area contributed by atoms with Gasteiger partial charge >= 0.3 is 41.5 Å².